The van der Waals surface area contributed by atoms with Crippen molar-refractivity contribution >= 4 is 10.8 Å². The van der Waals surface area contributed by atoms with Crippen LogP contribution < -0.4 is 0 Å². The quantitative estimate of drug-likeness (QED) is 0.667. The van der Waals surface area contributed by atoms with E-state index in [9.17, 15) is 10.2 Å². The van der Waals surface area contributed by atoms with Gasteiger partial charge in [-0.05, 0) is 33.0 Å². The van der Waals surface area contributed by atoms with Crippen LogP contribution in [0.15, 0.2) is 60.7 Å². The maximum atomic E-state index is 10.7. The lowest BCUT2D eigenvalue weighted by Crippen LogP contribution is -2.47. The van der Waals surface area contributed by atoms with E-state index in [2.05, 4.69) is 36.4 Å². The van der Waals surface area contributed by atoms with Gasteiger partial charge in [-0.25, -0.2) is 0 Å². The number of rotatable bonds is 0. The highest BCUT2D eigenvalue weighted by Gasteiger charge is 2.49. The third kappa shape index (κ3) is 1.37. The molecule has 0 spiro atoms. The molecule has 0 saturated heterocycles. The molecule has 4 atom stereocenters. The van der Waals surface area contributed by atoms with Crippen molar-refractivity contribution in [1.82, 2.24) is 0 Å². The summed E-state index contributed by atoms with van der Waals surface area (Å²) in [4.78, 5) is 0. The Balaban J connectivity index is 1.92. The van der Waals surface area contributed by atoms with Crippen molar-refractivity contribution in [2.75, 3.05) is 0 Å². The van der Waals surface area contributed by atoms with Crippen molar-refractivity contribution < 1.29 is 10.2 Å². The summed E-state index contributed by atoms with van der Waals surface area (Å²) in [6.07, 6.45) is -1.47. The van der Waals surface area contributed by atoms with Gasteiger partial charge in [0.1, 0.15) is 0 Å². The summed E-state index contributed by atoms with van der Waals surface area (Å²) in [6, 6.07) is 20.8. The first-order valence-corrected chi connectivity index (χ1v) is 7.74. The molecule has 0 unspecified atom stereocenters. The van der Waals surface area contributed by atoms with Crippen LogP contribution in [0.1, 0.15) is 34.1 Å². The molecular formula is C20H16O2. The number of fused-ring (bicyclic) bond motifs is 2. The average molecular weight is 288 g/mol. The smallest absolute Gasteiger partial charge is 0.0917 e. The molecule has 2 nitrogen and oxygen atoms in total. The minimum Gasteiger partial charge on any atom is -0.389 e. The molecular weight excluding hydrogens is 272 g/mol. The number of aliphatic hydroxyl groups is 2. The van der Waals surface area contributed by atoms with Gasteiger partial charge in [0, 0.05) is 11.8 Å². The monoisotopic (exact) mass is 288 g/mol. The average Bonchev–Trinajstić information content (AvgIpc) is 2.57. The van der Waals surface area contributed by atoms with E-state index in [1.165, 1.54) is 21.9 Å². The van der Waals surface area contributed by atoms with Gasteiger partial charge < -0.3 is 10.2 Å². The molecule has 0 radical (unpaired) electrons. The zero-order valence-electron chi connectivity index (χ0n) is 12.0. The van der Waals surface area contributed by atoms with Crippen LogP contribution in [-0.4, -0.2) is 22.4 Å². The normalized spacial score (nSPS) is 28.5. The Kier molecular flexibility index (Phi) is 2.36. The van der Waals surface area contributed by atoms with Crippen LogP contribution in [0.3, 0.4) is 0 Å². The van der Waals surface area contributed by atoms with Crippen LogP contribution in [0.4, 0.5) is 0 Å². The lowest BCUT2D eigenvalue weighted by atomic mass is 9.60. The fourth-order valence-electron chi connectivity index (χ4n) is 4.45. The van der Waals surface area contributed by atoms with Crippen molar-refractivity contribution in [2.45, 2.75) is 24.0 Å². The Hall–Kier alpha value is -2.16. The second-order valence-electron chi connectivity index (χ2n) is 6.36. The van der Waals surface area contributed by atoms with Gasteiger partial charge in [0.25, 0.3) is 0 Å². The highest BCUT2D eigenvalue weighted by atomic mass is 16.3. The molecule has 3 aromatic carbocycles. The predicted molar refractivity (Wildman–Crippen MR) is 86.1 cm³/mol. The van der Waals surface area contributed by atoms with Gasteiger partial charge in [-0.15, -0.1) is 0 Å². The Morgan fingerprint density at radius 2 is 1.23 bits per heavy atom. The Bertz CT molecular complexity index is 899. The first kappa shape index (κ1) is 12.4. The van der Waals surface area contributed by atoms with Gasteiger partial charge in [0.15, 0.2) is 0 Å². The van der Waals surface area contributed by atoms with Crippen LogP contribution in [-0.2, 0) is 0 Å². The third-order valence-electron chi connectivity index (χ3n) is 5.35. The van der Waals surface area contributed by atoms with E-state index < -0.39 is 12.2 Å². The summed E-state index contributed by atoms with van der Waals surface area (Å²) in [6.45, 7) is 0. The number of aliphatic hydroxyl groups excluding tert-OH is 2. The van der Waals surface area contributed by atoms with Crippen molar-refractivity contribution in [1.29, 1.82) is 0 Å². The van der Waals surface area contributed by atoms with Gasteiger partial charge in [0.05, 0.1) is 12.2 Å². The van der Waals surface area contributed by atoms with E-state index in [0.29, 0.717) is 0 Å². The molecule has 2 N–H and O–H groups in total. The molecule has 0 saturated carbocycles. The second-order valence-corrected chi connectivity index (χ2v) is 6.36. The van der Waals surface area contributed by atoms with Gasteiger partial charge in [0.2, 0.25) is 0 Å². The summed E-state index contributed by atoms with van der Waals surface area (Å²) in [7, 11) is 0. The molecule has 3 aliphatic carbocycles. The number of hydrogen-bond donors (Lipinski definition) is 2. The lowest BCUT2D eigenvalue weighted by molar-refractivity contribution is -0.0150. The molecule has 3 aromatic rings. The number of hydrogen-bond acceptors (Lipinski definition) is 2. The van der Waals surface area contributed by atoms with Crippen LogP contribution in [0.2, 0.25) is 0 Å². The molecule has 0 fully saturated rings. The standard InChI is InChI=1S/C20H16O2/c21-19-17-13-7-3-4-8-14(13)18(20(19)22)16-12-6-2-1-5-11(12)9-10-15(16)17/h1-10,17-22H/t17-,18-,19+,20+/m0/s1. The van der Waals surface area contributed by atoms with Crippen molar-refractivity contribution in [3.05, 3.63) is 82.9 Å². The Labute approximate surface area is 128 Å². The summed E-state index contributed by atoms with van der Waals surface area (Å²) in [5, 5.41) is 23.6. The lowest BCUT2D eigenvalue weighted by Gasteiger charge is -2.47. The largest absolute Gasteiger partial charge is 0.389 e. The summed E-state index contributed by atoms with van der Waals surface area (Å²) >= 11 is 0. The topological polar surface area (TPSA) is 40.5 Å². The predicted octanol–water partition coefficient (Wildman–Crippen LogP) is 3.15. The van der Waals surface area contributed by atoms with Gasteiger partial charge in [-0.1, -0.05) is 60.7 Å². The van der Waals surface area contributed by atoms with E-state index in [4.69, 9.17) is 0 Å². The summed E-state index contributed by atoms with van der Waals surface area (Å²) in [5.41, 5.74) is 4.68. The second kappa shape index (κ2) is 4.19. The molecule has 0 amide bonds. The molecule has 0 aromatic heterocycles. The molecule has 2 bridgehead atoms. The highest BCUT2D eigenvalue weighted by molar-refractivity contribution is 5.89. The van der Waals surface area contributed by atoms with Crippen molar-refractivity contribution in [3.63, 3.8) is 0 Å². The maximum Gasteiger partial charge on any atom is 0.0917 e. The molecule has 108 valence electrons. The molecule has 22 heavy (non-hydrogen) atoms. The maximum absolute atomic E-state index is 10.7. The minimum absolute atomic E-state index is 0.129. The minimum atomic E-state index is -0.738. The van der Waals surface area contributed by atoms with E-state index in [-0.39, 0.29) is 11.8 Å². The van der Waals surface area contributed by atoms with Crippen molar-refractivity contribution in [3.8, 4) is 0 Å². The van der Waals surface area contributed by atoms with E-state index in [1.807, 2.05) is 24.3 Å². The molecule has 0 aliphatic heterocycles. The van der Waals surface area contributed by atoms with Crippen molar-refractivity contribution in [2.24, 2.45) is 0 Å². The zero-order chi connectivity index (χ0) is 14.8. The molecule has 3 aliphatic rings. The zero-order valence-corrected chi connectivity index (χ0v) is 12.0. The van der Waals surface area contributed by atoms with Crippen LogP contribution in [0.25, 0.3) is 10.8 Å². The Morgan fingerprint density at radius 3 is 2.05 bits per heavy atom. The SMILES string of the molecule is O[C@@H]1[C@H]2c3ccccc3[C@@H](c3c2ccc2ccccc32)[C@H]1O. The van der Waals surface area contributed by atoms with Crippen LogP contribution >= 0.6 is 0 Å². The van der Waals surface area contributed by atoms with Crippen LogP contribution in [0, 0.1) is 0 Å². The van der Waals surface area contributed by atoms with Gasteiger partial charge in [-0.3, -0.25) is 0 Å². The fraction of sp³-hybridized carbons (Fsp3) is 0.200. The third-order valence-corrected chi connectivity index (χ3v) is 5.35. The highest BCUT2D eigenvalue weighted by Crippen LogP contribution is 2.54. The molecule has 6 rings (SSSR count). The van der Waals surface area contributed by atoms with E-state index in [0.717, 1.165) is 11.1 Å². The van der Waals surface area contributed by atoms with E-state index >= 15 is 0 Å². The summed E-state index contributed by atoms with van der Waals surface area (Å²) < 4.78 is 0. The summed E-state index contributed by atoms with van der Waals surface area (Å²) in [5.74, 6) is -0.270. The first-order valence-electron chi connectivity index (χ1n) is 7.74. The fourth-order valence-corrected chi connectivity index (χ4v) is 4.45. The van der Waals surface area contributed by atoms with Gasteiger partial charge in [-0.2, -0.15) is 0 Å². The van der Waals surface area contributed by atoms with E-state index in [1.54, 1.807) is 0 Å². The number of benzene rings is 3. The first-order chi connectivity index (χ1) is 10.8. The van der Waals surface area contributed by atoms with Gasteiger partial charge >= 0.3 is 0 Å². The van der Waals surface area contributed by atoms with Crippen LogP contribution in [0.5, 0.6) is 0 Å². The Morgan fingerprint density at radius 1 is 0.591 bits per heavy atom. The molecule has 2 heteroatoms. The molecule has 0 heterocycles.